The fourth-order valence-corrected chi connectivity index (χ4v) is 3.55. The van der Waals surface area contributed by atoms with Crippen molar-refractivity contribution >= 4 is 13.4 Å². The van der Waals surface area contributed by atoms with Crippen molar-refractivity contribution in [2.75, 3.05) is 13.2 Å². The van der Waals surface area contributed by atoms with Gasteiger partial charge in [-0.05, 0) is 20.8 Å². The monoisotopic (exact) mass is 262 g/mol. The predicted molar refractivity (Wildman–Crippen MR) is 69.3 cm³/mol. The first kappa shape index (κ1) is 16.6. The molecule has 0 aromatic carbocycles. The average molecular weight is 262 g/mol. The van der Waals surface area contributed by atoms with E-state index in [-0.39, 0.29) is 24.9 Å². The van der Waals surface area contributed by atoms with Gasteiger partial charge in [0.05, 0.1) is 13.2 Å². The molecule has 0 radical (unpaired) electrons. The molecule has 0 bridgehead atoms. The van der Waals surface area contributed by atoms with E-state index in [1.165, 1.54) is 0 Å². The highest BCUT2D eigenvalue weighted by Crippen LogP contribution is 2.54. The maximum atomic E-state index is 12.5. The summed E-state index contributed by atoms with van der Waals surface area (Å²) in [6.45, 7) is 9.33. The molecule has 0 spiro atoms. The lowest BCUT2D eigenvalue weighted by molar-refractivity contribution is -0.121. The van der Waals surface area contributed by atoms with Crippen LogP contribution >= 0.6 is 7.60 Å². The van der Waals surface area contributed by atoms with Crippen molar-refractivity contribution in [2.45, 2.75) is 40.3 Å². The number of carbonyl (C=O) groups is 1. The SMILES string of the molecule is C/C=C/C(C(=O)C(C)C)P(=O)(OCC)OCC. The molecule has 4 nitrogen and oxygen atoms in total. The molecule has 0 aromatic heterocycles. The second-order valence-corrected chi connectivity index (χ2v) is 6.06. The van der Waals surface area contributed by atoms with Crippen LogP contribution in [0.1, 0.15) is 34.6 Å². The van der Waals surface area contributed by atoms with Gasteiger partial charge >= 0.3 is 7.60 Å². The van der Waals surface area contributed by atoms with E-state index in [9.17, 15) is 9.36 Å². The number of hydrogen-bond donors (Lipinski definition) is 0. The van der Waals surface area contributed by atoms with E-state index in [4.69, 9.17) is 9.05 Å². The van der Waals surface area contributed by atoms with Crippen molar-refractivity contribution in [3.8, 4) is 0 Å². The van der Waals surface area contributed by atoms with Gasteiger partial charge in [-0.2, -0.15) is 0 Å². The average Bonchev–Trinajstić information content (AvgIpc) is 2.25. The van der Waals surface area contributed by atoms with Gasteiger partial charge in [0.2, 0.25) is 0 Å². The van der Waals surface area contributed by atoms with Crippen molar-refractivity contribution in [1.29, 1.82) is 0 Å². The van der Waals surface area contributed by atoms with Gasteiger partial charge < -0.3 is 9.05 Å². The Hall–Kier alpha value is -0.440. The quantitative estimate of drug-likeness (QED) is 0.497. The first-order valence-electron chi connectivity index (χ1n) is 5.98. The van der Waals surface area contributed by atoms with Gasteiger partial charge in [-0.25, -0.2) is 0 Å². The third kappa shape index (κ3) is 4.74. The van der Waals surface area contributed by atoms with Crippen LogP contribution in [-0.4, -0.2) is 24.7 Å². The molecule has 0 aliphatic heterocycles. The van der Waals surface area contributed by atoms with Crippen molar-refractivity contribution in [3.05, 3.63) is 12.2 Å². The summed E-state index contributed by atoms with van der Waals surface area (Å²) in [5.41, 5.74) is -0.799. The van der Waals surface area contributed by atoms with Crippen LogP contribution < -0.4 is 0 Å². The molecule has 5 heteroatoms. The van der Waals surface area contributed by atoms with E-state index in [1.807, 2.05) is 0 Å². The smallest absolute Gasteiger partial charge is 0.308 e. The predicted octanol–water partition coefficient (Wildman–Crippen LogP) is 3.42. The maximum Gasteiger partial charge on any atom is 0.344 e. The Morgan fingerprint density at radius 2 is 1.71 bits per heavy atom. The van der Waals surface area contributed by atoms with Crippen LogP contribution in [0, 0.1) is 5.92 Å². The third-order valence-corrected chi connectivity index (χ3v) is 4.54. The first-order chi connectivity index (χ1) is 7.92. The molecule has 1 atom stereocenters. The molecule has 0 N–H and O–H groups in total. The van der Waals surface area contributed by atoms with Gasteiger partial charge in [0.25, 0.3) is 0 Å². The molecule has 1 unspecified atom stereocenters. The minimum atomic E-state index is -3.39. The van der Waals surface area contributed by atoms with E-state index in [1.54, 1.807) is 46.8 Å². The summed E-state index contributed by atoms with van der Waals surface area (Å²) < 4.78 is 23.0. The molecular formula is C12H23O4P. The number of hydrogen-bond acceptors (Lipinski definition) is 4. The zero-order valence-electron chi connectivity index (χ0n) is 11.3. The molecule has 100 valence electrons. The van der Waals surface area contributed by atoms with Crippen LogP contribution in [0.15, 0.2) is 12.2 Å². The van der Waals surface area contributed by atoms with Gasteiger partial charge in [0.1, 0.15) is 5.66 Å². The minimum absolute atomic E-state index is 0.117. The fourth-order valence-electron chi connectivity index (χ4n) is 1.44. The summed E-state index contributed by atoms with van der Waals surface area (Å²) in [6.07, 6.45) is 3.31. The Labute approximate surface area is 104 Å². The summed E-state index contributed by atoms with van der Waals surface area (Å²) in [6, 6.07) is 0. The van der Waals surface area contributed by atoms with Gasteiger partial charge in [0.15, 0.2) is 5.78 Å². The van der Waals surface area contributed by atoms with Crippen molar-refractivity contribution < 1.29 is 18.4 Å². The van der Waals surface area contributed by atoms with Crippen LogP contribution in [0.25, 0.3) is 0 Å². The Morgan fingerprint density at radius 1 is 1.24 bits per heavy atom. The molecule has 0 rings (SSSR count). The molecule has 0 saturated carbocycles. The molecule has 0 aliphatic carbocycles. The Balaban J connectivity index is 5.23. The number of Topliss-reactive ketones (excluding diaryl/α,β-unsaturated/α-hetero) is 1. The van der Waals surface area contributed by atoms with Crippen LogP contribution in [0.4, 0.5) is 0 Å². The topological polar surface area (TPSA) is 52.6 Å². The second-order valence-electron chi connectivity index (χ2n) is 3.90. The molecular weight excluding hydrogens is 239 g/mol. The Morgan fingerprint density at radius 3 is 2.00 bits per heavy atom. The summed E-state index contributed by atoms with van der Waals surface area (Å²) in [5.74, 6) is -0.321. The van der Waals surface area contributed by atoms with E-state index in [2.05, 4.69) is 0 Å². The fraction of sp³-hybridized carbons (Fsp3) is 0.750. The van der Waals surface area contributed by atoms with Crippen molar-refractivity contribution in [1.82, 2.24) is 0 Å². The normalized spacial score (nSPS) is 14.5. The van der Waals surface area contributed by atoms with Gasteiger partial charge in [-0.3, -0.25) is 9.36 Å². The second kappa shape index (κ2) is 7.80. The molecule has 17 heavy (non-hydrogen) atoms. The summed E-state index contributed by atoms with van der Waals surface area (Å²) >= 11 is 0. The number of carbonyl (C=O) groups excluding carboxylic acids is 1. The lowest BCUT2D eigenvalue weighted by atomic mass is 10.1. The molecule has 0 aromatic rings. The van der Waals surface area contributed by atoms with E-state index < -0.39 is 13.3 Å². The highest BCUT2D eigenvalue weighted by Gasteiger charge is 2.39. The summed E-state index contributed by atoms with van der Waals surface area (Å²) in [7, 11) is -3.39. The molecule has 0 saturated heterocycles. The summed E-state index contributed by atoms with van der Waals surface area (Å²) in [4.78, 5) is 12.0. The lowest BCUT2D eigenvalue weighted by Gasteiger charge is -2.24. The van der Waals surface area contributed by atoms with E-state index in [0.29, 0.717) is 0 Å². The Bertz CT molecular complexity index is 300. The number of allylic oxidation sites excluding steroid dienone is 2. The highest BCUT2D eigenvalue weighted by molar-refractivity contribution is 7.56. The third-order valence-electron chi connectivity index (χ3n) is 2.19. The summed E-state index contributed by atoms with van der Waals surface area (Å²) in [5, 5.41) is 0. The van der Waals surface area contributed by atoms with Crippen LogP contribution in [0.2, 0.25) is 0 Å². The zero-order valence-corrected chi connectivity index (χ0v) is 12.2. The van der Waals surface area contributed by atoms with Crippen molar-refractivity contribution in [3.63, 3.8) is 0 Å². The maximum absolute atomic E-state index is 12.5. The van der Waals surface area contributed by atoms with E-state index >= 15 is 0 Å². The number of ketones is 1. The lowest BCUT2D eigenvalue weighted by Crippen LogP contribution is -2.25. The number of rotatable bonds is 8. The van der Waals surface area contributed by atoms with Gasteiger partial charge in [-0.1, -0.05) is 26.0 Å². The minimum Gasteiger partial charge on any atom is -0.308 e. The van der Waals surface area contributed by atoms with Crippen molar-refractivity contribution in [2.24, 2.45) is 5.92 Å². The molecule has 0 amide bonds. The Kier molecular flexibility index (Phi) is 7.60. The van der Waals surface area contributed by atoms with E-state index in [0.717, 1.165) is 0 Å². The highest BCUT2D eigenvalue weighted by atomic mass is 31.2. The van der Waals surface area contributed by atoms with Gasteiger partial charge in [-0.15, -0.1) is 0 Å². The zero-order chi connectivity index (χ0) is 13.5. The molecule has 0 fully saturated rings. The molecule has 0 aliphatic rings. The van der Waals surface area contributed by atoms with Crippen LogP contribution in [0.5, 0.6) is 0 Å². The standard InChI is InChI=1S/C12H23O4P/c1-6-9-11(12(13)10(4)5)17(14,15-7-2)16-8-3/h6,9-11H,7-8H2,1-5H3/b9-6+. The molecule has 0 heterocycles. The van der Waals surface area contributed by atoms with Crippen LogP contribution in [-0.2, 0) is 18.4 Å². The first-order valence-corrected chi connectivity index (χ1v) is 7.59. The van der Waals surface area contributed by atoms with Crippen LogP contribution in [0.3, 0.4) is 0 Å². The largest absolute Gasteiger partial charge is 0.344 e. The van der Waals surface area contributed by atoms with Gasteiger partial charge in [0, 0.05) is 5.92 Å².